The second-order valence-electron chi connectivity index (χ2n) is 7.09. The van der Waals surface area contributed by atoms with Gasteiger partial charge in [0.2, 0.25) is 0 Å². The standard InChI is InChI=1S/C21H28N4O/c1-7-26-18-10-8-17(9-11-18)25-15(5)19-14(4)23-24-21(20(19)16(25)6)22-12-13(2)3/h8-11,13H,7,12H2,1-6H3,(H,22,24). The number of ether oxygens (including phenoxy) is 1. The summed E-state index contributed by atoms with van der Waals surface area (Å²) in [7, 11) is 0. The van der Waals surface area contributed by atoms with E-state index >= 15 is 0 Å². The second-order valence-corrected chi connectivity index (χ2v) is 7.09. The Morgan fingerprint density at radius 1 is 1.00 bits per heavy atom. The van der Waals surface area contributed by atoms with Gasteiger partial charge in [-0.15, -0.1) is 5.10 Å². The van der Waals surface area contributed by atoms with E-state index in [-0.39, 0.29) is 0 Å². The molecule has 0 bridgehead atoms. The van der Waals surface area contributed by atoms with Gasteiger partial charge in [0.1, 0.15) is 5.75 Å². The molecule has 26 heavy (non-hydrogen) atoms. The van der Waals surface area contributed by atoms with Gasteiger partial charge in [-0.3, -0.25) is 0 Å². The predicted octanol–water partition coefficient (Wildman–Crippen LogP) is 4.81. The minimum Gasteiger partial charge on any atom is -0.494 e. The molecule has 0 spiro atoms. The maximum atomic E-state index is 5.57. The molecule has 1 aromatic carbocycles. The minimum absolute atomic E-state index is 0.544. The lowest BCUT2D eigenvalue weighted by atomic mass is 10.1. The van der Waals surface area contributed by atoms with Crippen molar-refractivity contribution in [3.8, 4) is 11.4 Å². The monoisotopic (exact) mass is 352 g/mol. The normalized spacial score (nSPS) is 11.3. The number of rotatable bonds is 6. The lowest BCUT2D eigenvalue weighted by molar-refractivity contribution is 0.340. The molecule has 0 radical (unpaired) electrons. The summed E-state index contributed by atoms with van der Waals surface area (Å²) in [5.41, 5.74) is 4.43. The fourth-order valence-electron chi connectivity index (χ4n) is 3.46. The third-order valence-corrected chi connectivity index (χ3v) is 4.63. The van der Waals surface area contributed by atoms with E-state index in [1.807, 2.05) is 26.0 Å². The maximum absolute atomic E-state index is 5.57. The van der Waals surface area contributed by atoms with Crippen LogP contribution < -0.4 is 10.1 Å². The fourth-order valence-corrected chi connectivity index (χ4v) is 3.46. The highest BCUT2D eigenvalue weighted by atomic mass is 16.5. The van der Waals surface area contributed by atoms with E-state index in [4.69, 9.17) is 4.74 Å². The van der Waals surface area contributed by atoms with Crippen molar-refractivity contribution in [2.75, 3.05) is 18.5 Å². The molecule has 3 aromatic rings. The lowest BCUT2D eigenvalue weighted by Gasteiger charge is -2.11. The lowest BCUT2D eigenvalue weighted by Crippen LogP contribution is -2.10. The van der Waals surface area contributed by atoms with E-state index in [0.29, 0.717) is 12.5 Å². The van der Waals surface area contributed by atoms with Crippen molar-refractivity contribution in [3.63, 3.8) is 0 Å². The highest BCUT2D eigenvalue weighted by Crippen LogP contribution is 2.34. The molecular weight excluding hydrogens is 324 g/mol. The number of fused-ring (bicyclic) bond motifs is 1. The molecule has 2 aromatic heterocycles. The first-order valence-electron chi connectivity index (χ1n) is 9.26. The Morgan fingerprint density at radius 3 is 2.27 bits per heavy atom. The molecule has 0 saturated carbocycles. The smallest absolute Gasteiger partial charge is 0.158 e. The molecule has 0 atom stereocenters. The summed E-state index contributed by atoms with van der Waals surface area (Å²) in [4.78, 5) is 0. The summed E-state index contributed by atoms with van der Waals surface area (Å²) in [6.07, 6.45) is 0. The number of benzene rings is 1. The third-order valence-electron chi connectivity index (χ3n) is 4.63. The summed E-state index contributed by atoms with van der Waals surface area (Å²) in [6.45, 7) is 14.2. The quantitative estimate of drug-likeness (QED) is 0.691. The van der Waals surface area contributed by atoms with E-state index in [1.165, 1.54) is 16.8 Å². The maximum Gasteiger partial charge on any atom is 0.158 e. The molecule has 0 aliphatic heterocycles. The number of nitrogens with one attached hydrogen (secondary N) is 1. The van der Waals surface area contributed by atoms with Gasteiger partial charge in [-0.05, 0) is 57.9 Å². The van der Waals surface area contributed by atoms with Gasteiger partial charge in [-0.25, -0.2) is 0 Å². The molecule has 0 aliphatic carbocycles. The van der Waals surface area contributed by atoms with Crippen molar-refractivity contribution in [1.29, 1.82) is 0 Å². The van der Waals surface area contributed by atoms with Gasteiger partial charge < -0.3 is 14.6 Å². The van der Waals surface area contributed by atoms with Crippen molar-refractivity contribution in [3.05, 3.63) is 41.3 Å². The summed E-state index contributed by atoms with van der Waals surface area (Å²) in [5.74, 6) is 2.30. The van der Waals surface area contributed by atoms with Gasteiger partial charge in [0.25, 0.3) is 0 Å². The molecule has 0 fully saturated rings. The van der Waals surface area contributed by atoms with Gasteiger partial charge in [0.15, 0.2) is 5.82 Å². The molecule has 0 amide bonds. The Balaban J connectivity index is 2.14. The Labute approximate surface area is 155 Å². The number of aryl methyl sites for hydroxylation is 3. The molecule has 5 nitrogen and oxygen atoms in total. The zero-order valence-electron chi connectivity index (χ0n) is 16.6. The van der Waals surface area contributed by atoms with Crippen molar-refractivity contribution >= 4 is 16.6 Å². The summed E-state index contributed by atoms with van der Waals surface area (Å²) < 4.78 is 7.84. The molecule has 0 aliphatic rings. The van der Waals surface area contributed by atoms with Gasteiger partial charge in [-0.1, -0.05) is 13.8 Å². The van der Waals surface area contributed by atoms with Crippen LogP contribution in [0.25, 0.3) is 16.5 Å². The number of nitrogens with zero attached hydrogens (tertiary/aromatic N) is 3. The SMILES string of the molecule is CCOc1ccc(-n2c(C)c3c(C)nnc(NCC(C)C)c3c2C)cc1. The molecule has 5 heteroatoms. The predicted molar refractivity (Wildman–Crippen MR) is 108 cm³/mol. The van der Waals surface area contributed by atoms with Crippen LogP contribution in [0.1, 0.15) is 37.9 Å². The van der Waals surface area contributed by atoms with Gasteiger partial charge in [0, 0.05) is 34.4 Å². The number of anilines is 1. The van der Waals surface area contributed by atoms with Crippen LogP contribution in [-0.4, -0.2) is 27.9 Å². The van der Waals surface area contributed by atoms with E-state index in [1.54, 1.807) is 0 Å². The molecule has 138 valence electrons. The number of hydrogen-bond acceptors (Lipinski definition) is 4. The Morgan fingerprint density at radius 2 is 1.65 bits per heavy atom. The van der Waals surface area contributed by atoms with Crippen LogP contribution >= 0.6 is 0 Å². The topological polar surface area (TPSA) is 52.0 Å². The Kier molecular flexibility index (Phi) is 5.16. The molecule has 1 N–H and O–H groups in total. The van der Waals surface area contributed by atoms with Crippen LogP contribution in [0.2, 0.25) is 0 Å². The van der Waals surface area contributed by atoms with Crippen LogP contribution in [0.15, 0.2) is 24.3 Å². The number of hydrogen-bond donors (Lipinski definition) is 1. The summed E-state index contributed by atoms with van der Waals surface area (Å²) in [5, 5.41) is 14.6. The zero-order valence-corrected chi connectivity index (χ0v) is 16.6. The third kappa shape index (κ3) is 3.26. The Hall–Kier alpha value is -2.56. The first kappa shape index (κ1) is 18.2. The van der Waals surface area contributed by atoms with Crippen molar-refractivity contribution in [1.82, 2.24) is 14.8 Å². The average molecular weight is 352 g/mol. The van der Waals surface area contributed by atoms with Gasteiger partial charge in [0.05, 0.1) is 12.3 Å². The van der Waals surface area contributed by atoms with Crippen LogP contribution in [0.3, 0.4) is 0 Å². The highest BCUT2D eigenvalue weighted by Gasteiger charge is 2.19. The largest absolute Gasteiger partial charge is 0.494 e. The number of aromatic nitrogens is 3. The van der Waals surface area contributed by atoms with Crippen LogP contribution in [0.4, 0.5) is 5.82 Å². The second kappa shape index (κ2) is 7.36. The van der Waals surface area contributed by atoms with E-state index in [9.17, 15) is 0 Å². The van der Waals surface area contributed by atoms with E-state index in [2.05, 4.69) is 59.9 Å². The average Bonchev–Trinajstić information content (AvgIpc) is 2.88. The fraction of sp³-hybridized carbons (Fsp3) is 0.429. The van der Waals surface area contributed by atoms with Gasteiger partial charge >= 0.3 is 0 Å². The summed E-state index contributed by atoms with van der Waals surface area (Å²) >= 11 is 0. The first-order valence-corrected chi connectivity index (χ1v) is 9.26. The molecule has 3 rings (SSSR count). The molecule has 0 saturated heterocycles. The van der Waals surface area contributed by atoms with Crippen LogP contribution in [0, 0.1) is 26.7 Å². The highest BCUT2D eigenvalue weighted by molar-refractivity contribution is 5.98. The van der Waals surface area contributed by atoms with Crippen molar-refractivity contribution in [2.24, 2.45) is 5.92 Å². The van der Waals surface area contributed by atoms with Crippen LogP contribution in [0.5, 0.6) is 5.75 Å². The molecule has 2 heterocycles. The van der Waals surface area contributed by atoms with E-state index in [0.717, 1.165) is 34.9 Å². The Bertz CT molecular complexity index is 910. The van der Waals surface area contributed by atoms with E-state index < -0.39 is 0 Å². The first-order chi connectivity index (χ1) is 12.4. The molecule has 0 unspecified atom stereocenters. The van der Waals surface area contributed by atoms with Crippen molar-refractivity contribution in [2.45, 2.75) is 41.5 Å². The molecular formula is C21H28N4O. The van der Waals surface area contributed by atoms with Crippen LogP contribution in [-0.2, 0) is 0 Å². The minimum atomic E-state index is 0.544. The van der Waals surface area contributed by atoms with Gasteiger partial charge in [-0.2, -0.15) is 5.10 Å². The summed E-state index contributed by atoms with van der Waals surface area (Å²) in [6, 6.07) is 8.23. The zero-order chi connectivity index (χ0) is 18.8. The van der Waals surface area contributed by atoms with Crippen molar-refractivity contribution < 1.29 is 4.74 Å².